The predicted octanol–water partition coefficient (Wildman–Crippen LogP) is 4.42. The number of nitrogens with one attached hydrogen (secondary N) is 1. The first-order valence-electron chi connectivity index (χ1n) is 8.17. The molecule has 0 aromatic heterocycles. The van der Waals surface area contributed by atoms with Crippen LogP contribution in [0.25, 0.3) is 0 Å². The van der Waals surface area contributed by atoms with Crippen LogP contribution >= 0.6 is 15.9 Å². The number of nitrogens with zero attached hydrogens (tertiary/aromatic N) is 2. The number of carbonyl (C=O) groups excluding carboxylic acids is 1. The van der Waals surface area contributed by atoms with Crippen LogP contribution in [0.5, 0.6) is 0 Å². The summed E-state index contributed by atoms with van der Waals surface area (Å²) in [6.07, 6.45) is 0. The molecule has 1 aliphatic rings. The predicted molar refractivity (Wildman–Crippen MR) is 103 cm³/mol. The first kappa shape index (κ1) is 16.8. The Kier molecular flexibility index (Phi) is 5.09. The fraction of sp³-hybridized carbons (Fsp3) is 0.316. The van der Waals surface area contributed by atoms with Crippen molar-refractivity contribution in [3.05, 3.63) is 58.1 Å². The van der Waals surface area contributed by atoms with Crippen molar-refractivity contribution >= 4 is 33.3 Å². The van der Waals surface area contributed by atoms with Crippen LogP contribution in [0.1, 0.15) is 11.1 Å². The average molecular weight is 388 g/mol. The van der Waals surface area contributed by atoms with E-state index in [2.05, 4.69) is 58.2 Å². The minimum atomic E-state index is -0.0292. The number of anilines is 2. The summed E-state index contributed by atoms with van der Waals surface area (Å²) in [5, 5.41) is 2.96. The number of aryl methyl sites for hydroxylation is 2. The van der Waals surface area contributed by atoms with Crippen molar-refractivity contribution in [3.63, 3.8) is 0 Å². The molecule has 2 aromatic rings. The van der Waals surface area contributed by atoms with Crippen molar-refractivity contribution in [2.75, 3.05) is 36.4 Å². The minimum Gasteiger partial charge on any atom is -0.368 e. The Hall–Kier alpha value is -2.01. The lowest BCUT2D eigenvalue weighted by Gasteiger charge is -2.37. The van der Waals surface area contributed by atoms with Gasteiger partial charge in [0.1, 0.15) is 0 Å². The third kappa shape index (κ3) is 3.73. The van der Waals surface area contributed by atoms with Gasteiger partial charge in [-0.15, -0.1) is 0 Å². The summed E-state index contributed by atoms with van der Waals surface area (Å²) in [7, 11) is 0. The summed E-state index contributed by atoms with van der Waals surface area (Å²) in [4.78, 5) is 16.7. The van der Waals surface area contributed by atoms with E-state index in [9.17, 15) is 4.79 Å². The van der Waals surface area contributed by atoms with Gasteiger partial charge >= 0.3 is 6.03 Å². The molecule has 0 saturated carbocycles. The van der Waals surface area contributed by atoms with Gasteiger partial charge in [-0.3, -0.25) is 0 Å². The van der Waals surface area contributed by atoms with Crippen LogP contribution in [0.15, 0.2) is 46.9 Å². The van der Waals surface area contributed by atoms with Gasteiger partial charge in [-0.1, -0.05) is 34.1 Å². The Morgan fingerprint density at radius 1 is 0.958 bits per heavy atom. The van der Waals surface area contributed by atoms with Crippen LogP contribution in [0, 0.1) is 13.8 Å². The number of urea groups is 1. The molecule has 0 aliphatic carbocycles. The van der Waals surface area contributed by atoms with E-state index in [0.717, 1.165) is 36.3 Å². The van der Waals surface area contributed by atoms with Crippen LogP contribution in [-0.2, 0) is 0 Å². The highest BCUT2D eigenvalue weighted by Crippen LogP contribution is 2.25. The number of rotatable bonds is 2. The van der Waals surface area contributed by atoms with Gasteiger partial charge in [-0.25, -0.2) is 4.79 Å². The molecule has 3 rings (SSSR count). The lowest BCUT2D eigenvalue weighted by atomic mass is 10.1. The number of carbonyl (C=O) groups is 1. The summed E-state index contributed by atoms with van der Waals surface area (Å²) in [6.45, 7) is 7.48. The van der Waals surface area contributed by atoms with Gasteiger partial charge in [-0.2, -0.15) is 0 Å². The van der Waals surface area contributed by atoms with Gasteiger partial charge < -0.3 is 15.1 Å². The number of hydrogen-bond donors (Lipinski definition) is 1. The normalized spacial score (nSPS) is 14.6. The molecular weight excluding hydrogens is 366 g/mol. The molecular formula is C19H22BrN3O. The van der Waals surface area contributed by atoms with E-state index in [-0.39, 0.29) is 6.03 Å². The third-order valence-electron chi connectivity index (χ3n) is 4.42. The zero-order valence-electron chi connectivity index (χ0n) is 14.1. The van der Waals surface area contributed by atoms with Crippen molar-refractivity contribution in [2.24, 2.45) is 0 Å². The highest BCUT2D eigenvalue weighted by atomic mass is 79.9. The van der Waals surface area contributed by atoms with E-state index in [1.807, 2.05) is 29.2 Å². The first-order valence-corrected chi connectivity index (χ1v) is 8.96. The molecule has 2 amide bonds. The molecule has 1 N–H and O–H groups in total. The van der Waals surface area contributed by atoms with Gasteiger partial charge in [0.15, 0.2) is 0 Å². The van der Waals surface area contributed by atoms with E-state index >= 15 is 0 Å². The van der Waals surface area contributed by atoms with E-state index in [1.54, 1.807) is 0 Å². The van der Waals surface area contributed by atoms with Crippen molar-refractivity contribution < 1.29 is 4.79 Å². The van der Waals surface area contributed by atoms with Gasteiger partial charge in [0, 0.05) is 42.0 Å². The maximum absolute atomic E-state index is 12.4. The molecule has 0 bridgehead atoms. The number of hydrogen-bond acceptors (Lipinski definition) is 2. The Labute approximate surface area is 151 Å². The molecule has 0 unspecified atom stereocenters. The topological polar surface area (TPSA) is 35.6 Å². The Morgan fingerprint density at radius 2 is 1.54 bits per heavy atom. The number of para-hydroxylation sites is 1. The first-order chi connectivity index (χ1) is 11.5. The summed E-state index contributed by atoms with van der Waals surface area (Å²) in [6, 6.07) is 14.0. The number of halogens is 1. The van der Waals surface area contributed by atoms with Crippen LogP contribution in [0.4, 0.5) is 16.2 Å². The molecule has 0 radical (unpaired) electrons. The fourth-order valence-electron chi connectivity index (χ4n) is 3.17. The zero-order valence-corrected chi connectivity index (χ0v) is 15.6. The fourth-order valence-corrected chi connectivity index (χ4v) is 3.44. The van der Waals surface area contributed by atoms with E-state index in [4.69, 9.17) is 0 Å². The average Bonchev–Trinajstić information content (AvgIpc) is 2.57. The summed E-state index contributed by atoms with van der Waals surface area (Å²) < 4.78 is 1.00. The van der Waals surface area contributed by atoms with Crippen molar-refractivity contribution in [3.8, 4) is 0 Å². The molecule has 4 nitrogen and oxygen atoms in total. The lowest BCUT2D eigenvalue weighted by Crippen LogP contribution is -2.50. The van der Waals surface area contributed by atoms with Gasteiger partial charge in [0.2, 0.25) is 0 Å². The van der Waals surface area contributed by atoms with E-state index < -0.39 is 0 Å². The summed E-state index contributed by atoms with van der Waals surface area (Å²) >= 11 is 3.40. The Bertz CT molecular complexity index is 702. The minimum absolute atomic E-state index is 0.0292. The standard InChI is InChI=1S/C19H22BrN3O/c1-14-4-3-5-15(2)18(14)22-10-12-23(13-11-22)19(24)21-17-8-6-16(20)7-9-17/h3-9H,10-13H2,1-2H3,(H,21,24). The molecule has 1 fully saturated rings. The van der Waals surface area contributed by atoms with E-state index in [0.29, 0.717) is 0 Å². The highest BCUT2D eigenvalue weighted by molar-refractivity contribution is 9.10. The molecule has 1 heterocycles. The number of amides is 2. The Morgan fingerprint density at radius 3 is 2.12 bits per heavy atom. The summed E-state index contributed by atoms with van der Waals surface area (Å²) in [5.74, 6) is 0. The second kappa shape index (κ2) is 7.26. The van der Waals surface area contributed by atoms with Crippen molar-refractivity contribution in [1.82, 2.24) is 4.90 Å². The molecule has 24 heavy (non-hydrogen) atoms. The van der Waals surface area contributed by atoms with Crippen molar-refractivity contribution in [1.29, 1.82) is 0 Å². The molecule has 126 valence electrons. The van der Waals surface area contributed by atoms with Crippen molar-refractivity contribution in [2.45, 2.75) is 13.8 Å². The second-order valence-electron chi connectivity index (χ2n) is 6.15. The van der Waals surface area contributed by atoms with Crippen LogP contribution < -0.4 is 10.2 Å². The SMILES string of the molecule is Cc1cccc(C)c1N1CCN(C(=O)Nc2ccc(Br)cc2)CC1. The van der Waals surface area contributed by atoms with E-state index in [1.165, 1.54) is 16.8 Å². The number of piperazine rings is 1. The van der Waals surface area contributed by atoms with Gasteiger partial charge in [-0.05, 0) is 49.2 Å². The number of benzene rings is 2. The van der Waals surface area contributed by atoms with Crippen LogP contribution in [0.2, 0.25) is 0 Å². The maximum Gasteiger partial charge on any atom is 0.321 e. The molecule has 0 atom stereocenters. The quantitative estimate of drug-likeness (QED) is 0.827. The molecule has 5 heteroatoms. The summed E-state index contributed by atoms with van der Waals surface area (Å²) in [5.41, 5.74) is 4.72. The largest absolute Gasteiger partial charge is 0.368 e. The maximum atomic E-state index is 12.4. The highest BCUT2D eigenvalue weighted by Gasteiger charge is 2.22. The lowest BCUT2D eigenvalue weighted by molar-refractivity contribution is 0.208. The molecule has 2 aromatic carbocycles. The Balaban J connectivity index is 1.60. The molecule has 0 spiro atoms. The smallest absolute Gasteiger partial charge is 0.321 e. The molecule has 1 aliphatic heterocycles. The zero-order chi connectivity index (χ0) is 17.1. The monoisotopic (exact) mass is 387 g/mol. The van der Waals surface area contributed by atoms with Gasteiger partial charge in [0.25, 0.3) is 0 Å². The second-order valence-corrected chi connectivity index (χ2v) is 7.07. The molecule has 1 saturated heterocycles. The van der Waals surface area contributed by atoms with Gasteiger partial charge in [0.05, 0.1) is 0 Å². The third-order valence-corrected chi connectivity index (χ3v) is 4.95. The van der Waals surface area contributed by atoms with Crippen LogP contribution in [-0.4, -0.2) is 37.1 Å². The van der Waals surface area contributed by atoms with Crippen LogP contribution in [0.3, 0.4) is 0 Å².